The summed E-state index contributed by atoms with van der Waals surface area (Å²) in [5.74, 6) is 2.04. The number of para-hydroxylation sites is 1. The lowest BCUT2D eigenvalue weighted by Gasteiger charge is -2.22. The molecule has 1 saturated heterocycles. The van der Waals surface area contributed by atoms with E-state index in [0.717, 1.165) is 24.0 Å². The molecular formula is C14H17F3O2S. The largest absolute Gasteiger partial charge is 0.493 e. The molecule has 0 aromatic heterocycles. The van der Waals surface area contributed by atoms with Crippen molar-refractivity contribution < 1.29 is 23.0 Å². The summed E-state index contributed by atoms with van der Waals surface area (Å²) in [6.07, 6.45) is -3.44. The van der Waals surface area contributed by atoms with Gasteiger partial charge in [-0.3, -0.25) is 0 Å². The number of aliphatic hydroxyl groups excluding tert-OH is 1. The summed E-state index contributed by atoms with van der Waals surface area (Å²) in [5, 5.41) is 9.38. The lowest BCUT2D eigenvalue weighted by Crippen LogP contribution is -2.25. The van der Waals surface area contributed by atoms with E-state index < -0.39 is 11.7 Å². The zero-order valence-corrected chi connectivity index (χ0v) is 11.7. The van der Waals surface area contributed by atoms with E-state index in [2.05, 4.69) is 0 Å². The van der Waals surface area contributed by atoms with Gasteiger partial charge >= 0.3 is 6.18 Å². The number of benzene rings is 1. The van der Waals surface area contributed by atoms with E-state index in [1.165, 1.54) is 18.2 Å². The molecule has 1 aromatic carbocycles. The van der Waals surface area contributed by atoms with Crippen LogP contribution in [-0.2, 0) is 6.18 Å². The average molecular weight is 306 g/mol. The van der Waals surface area contributed by atoms with Gasteiger partial charge in [-0.1, -0.05) is 12.1 Å². The van der Waals surface area contributed by atoms with Crippen LogP contribution in [0.5, 0.6) is 5.75 Å². The molecule has 1 aliphatic rings. The molecule has 1 heterocycles. The molecular weight excluding hydrogens is 289 g/mol. The van der Waals surface area contributed by atoms with Crippen molar-refractivity contribution in [2.24, 2.45) is 11.8 Å². The van der Waals surface area contributed by atoms with Gasteiger partial charge in [-0.2, -0.15) is 24.9 Å². The number of ether oxygens (including phenoxy) is 1. The fourth-order valence-corrected chi connectivity index (χ4v) is 3.66. The number of rotatable bonds is 5. The van der Waals surface area contributed by atoms with Crippen LogP contribution in [0.25, 0.3) is 0 Å². The van der Waals surface area contributed by atoms with Crippen LogP contribution in [0.2, 0.25) is 0 Å². The predicted molar refractivity (Wildman–Crippen MR) is 72.9 cm³/mol. The molecule has 2 nitrogen and oxygen atoms in total. The number of halogens is 3. The van der Waals surface area contributed by atoms with Crippen LogP contribution in [0.4, 0.5) is 13.2 Å². The van der Waals surface area contributed by atoms with Gasteiger partial charge in [-0.15, -0.1) is 0 Å². The summed E-state index contributed by atoms with van der Waals surface area (Å²) in [4.78, 5) is 0. The molecule has 0 aliphatic carbocycles. The molecule has 0 bridgehead atoms. The van der Waals surface area contributed by atoms with Crippen molar-refractivity contribution in [1.29, 1.82) is 0 Å². The second-order valence-corrected chi connectivity index (χ2v) is 6.02. The van der Waals surface area contributed by atoms with Gasteiger partial charge in [0.1, 0.15) is 5.75 Å². The Labute approximate surface area is 120 Å². The second kappa shape index (κ2) is 6.72. The number of alkyl halides is 3. The summed E-state index contributed by atoms with van der Waals surface area (Å²) in [7, 11) is 0. The molecule has 1 fully saturated rings. The Balaban J connectivity index is 2.02. The van der Waals surface area contributed by atoms with Crippen molar-refractivity contribution >= 4 is 11.8 Å². The van der Waals surface area contributed by atoms with Gasteiger partial charge in [-0.25, -0.2) is 0 Å². The van der Waals surface area contributed by atoms with E-state index >= 15 is 0 Å². The Bertz CT molecular complexity index is 431. The summed E-state index contributed by atoms with van der Waals surface area (Å²) >= 11 is 1.81. The highest BCUT2D eigenvalue weighted by molar-refractivity contribution is 7.99. The second-order valence-electron chi connectivity index (χ2n) is 4.87. The third-order valence-electron chi connectivity index (χ3n) is 3.51. The Hall–Kier alpha value is -0.880. The first kappa shape index (κ1) is 15.5. The van der Waals surface area contributed by atoms with E-state index in [9.17, 15) is 18.3 Å². The van der Waals surface area contributed by atoms with E-state index in [-0.39, 0.29) is 24.9 Å². The normalized spacial score (nSPS) is 20.9. The van der Waals surface area contributed by atoms with Crippen LogP contribution in [0.1, 0.15) is 12.0 Å². The summed E-state index contributed by atoms with van der Waals surface area (Å²) < 4.78 is 43.8. The van der Waals surface area contributed by atoms with Crippen molar-refractivity contribution in [2.75, 3.05) is 24.7 Å². The molecule has 2 atom stereocenters. The predicted octanol–water partition coefficient (Wildman–Crippen LogP) is 3.45. The maximum Gasteiger partial charge on any atom is 0.419 e. The highest BCUT2D eigenvalue weighted by Gasteiger charge is 2.34. The summed E-state index contributed by atoms with van der Waals surface area (Å²) in [6.45, 7) is 0.0637. The van der Waals surface area contributed by atoms with Gasteiger partial charge in [0.15, 0.2) is 0 Å². The highest BCUT2D eigenvalue weighted by Crippen LogP contribution is 2.36. The topological polar surface area (TPSA) is 29.5 Å². The third-order valence-corrected chi connectivity index (χ3v) is 4.70. The Morgan fingerprint density at radius 3 is 2.70 bits per heavy atom. The Morgan fingerprint density at radius 1 is 1.35 bits per heavy atom. The minimum Gasteiger partial charge on any atom is -0.493 e. The van der Waals surface area contributed by atoms with Gasteiger partial charge < -0.3 is 9.84 Å². The van der Waals surface area contributed by atoms with E-state index in [1.807, 2.05) is 11.8 Å². The quantitative estimate of drug-likeness (QED) is 0.903. The zero-order valence-electron chi connectivity index (χ0n) is 10.9. The fraction of sp³-hybridized carbons (Fsp3) is 0.571. The smallest absolute Gasteiger partial charge is 0.419 e. The van der Waals surface area contributed by atoms with Crippen LogP contribution < -0.4 is 4.74 Å². The first-order chi connectivity index (χ1) is 9.52. The minimum absolute atomic E-state index is 0.0561. The van der Waals surface area contributed by atoms with Gasteiger partial charge in [-0.05, 0) is 36.0 Å². The van der Waals surface area contributed by atoms with Gasteiger partial charge in [0.2, 0.25) is 0 Å². The summed E-state index contributed by atoms with van der Waals surface area (Å²) in [6, 6.07) is 5.19. The van der Waals surface area contributed by atoms with E-state index in [1.54, 1.807) is 0 Å². The molecule has 0 amide bonds. The van der Waals surface area contributed by atoms with E-state index in [4.69, 9.17) is 4.74 Å². The Kier molecular flexibility index (Phi) is 5.21. The van der Waals surface area contributed by atoms with Crippen LogP contribution in [0.3, 0.4) is 0 Å². The molecule has 0 radical (unpaired) electrons. The van der Waals surface area contributed by atoms with Crippen LogP contribution >= 0.6 is 11.8 Å². The first-order valence-electron chi connectivity index (χ1n) is 6.50. The van der Waals surface area contributed by atoms with Crippen molar-refractivity contribution in [3.8, 4) is 5.75 Å². The molecule has 6 heteroatoms. The van der Waals surface area contributed by atoms with Gasteiger partial charge in [0.25, 0.3) is 0 Å². The number of hydrogen-bond donors (Lipinski definition) is 1. The summed E-state index contributed by atoms with van der Waals surface area (Å²) in [5.41, 5.74) is -0.766. The molecule has 2 rings (SSSR count). The van der Waals surface area contributed by atoms with Crippen molar-refractivity contribution in [3.05, 3.63) is 29.8 Å². The highest BCUT2D eigenvalue weighted by atomic mass is 32.2. The molecule has 1 N–H and O–H groups in total. The minimum atomic E-state index is -4.42. The van der Waals surface area contributed by atoms with Crippen molar-refractivity contribution in [3.63, 3.8) is 0 Å². The Morgan fingerprint density at radius 2 is 2.10 bits per heavy atom. The number of thioether (sulfide) groups is 1. The standard InChI is InChI=1S/C14H17F3O2S/c15-14(16,17)12-3-1-2-4-13(12)19-8-11(7-18)10-5-6-20-9-10/h1-4,10-11,18H,5-9H2. The van der Waals surface area contributed by atoms with Crippen LogP contribution in [-0.4, -0.2) is 29.8 Å². The van der Waals surface area contributed by atoms with Crippen molar-refractivity contribution in [2.45, 2.75) is 12.6 Å². The monoisotopic (exact) mass is 306 g/mol. The molecule has 112 valence electrons. The molecule has 20 heavy (non-hydrogen) atoms. The van der Waals surface area contributed by atoms with Crippen LogP contribution in [0.15, 0.2) is 24.3 Å². The zero-order chi connectivity index (χ0) is 14.6. The van der Waals surface area contributed by atoms with Gasteiger partial charge in [0, 0.05) is 12.5 Å². The molecule has 2 unspecified atom stereocenters. The lowest BCUT2D eigenvalue weighted by atomic mass is 9.93. The molecule has 1 aliphatic heterocycles. The first-order valence-corrected chi connectivity index (χ1v) is 7.65. The van der Waals surface area contributed by atoms with E-state index in [0.29, 0.717) is 5.92 Å². The number of aliphatic hydroxyl groups is 1. The maximum atomic E-state index is 12.8. The molecule has 0 spiro atoms. The van der Waals surface area contributed by atoms with Gasteiger partial charge in [0.05, 0.1) is 12.2 Å². The maximum absolute atomic E-state index is 12.8. The van der Waals surface area contributed by atoms with Crippen LogP contribution in [0, 0.1) is 11.8 Å². The fourth-order valence-electron chi connectivity index (χ4n) is 2.29. The lowest BCUT2D eigenvalue weighted by molar-refractivity contribution is -0.139. The average Bonchev–Trinajstić information content (AvgIpc) is 2.93. The SMILES string of the molecule is OCC(COc1ccccc1C(F)(F)F)C1CCSC1. The molecule has 0 saturated carbocycles. The third kappa shape index (κ3) is 3.82. The molecule has 1 aromatic rings. The number of hydrogen-bond acceptors (Lipinski definition) is 3. The van der Waals surface area contributed by atoms with Crippen molar-refractivity contribution in [1.82, 2.24) is 0 Å².